The Morgan fingerprint density at radius 1 is 1.69 bits per heavy atom. The van der Waals surface area contributed by atoms with Gasteiger partial charge in [-0.15, -0.1) is 0 Å². The zero-order valence-corrected chi connectivity index (χ0v) is 13.8. The molecule has 0 amide bonds. The second-order valence-corrected chi connectivity index (χ2v) is 6.30. The normalized spacial score (nSPS) is 34.7. The van der Waals surface area contributed by atoms with Crippen LogP contribution in [0.4, 0.5) is 0 Å². The van der Waals surface area contributed by atoms with Crippen molar-refractivity contribution in [2.45, 2.75) is 33.1 Å². The third-order valence-electron chi connectivity index (χ3n) is 4.58. The van der Waals surface area contributed by atoms with E-state index in [1.807, 2.05) is 0 Å². The topological polar surface area (TPSA) is 26.3 Å². The standard InChI is InChI=1S/C11H16O2S2.Na.H/c1-10(2)7-3-4-11(10,8(12)5-7)6-13-9(14)15;;/h7H,3-6H2,1-2H3,(H,14,15);;/q;+1;-1. The van der Waals surface area contributed by atoms with Gasteiger partial charge in [0.2, 0.25) is 4.38 Å². The summed E-state index contributed by atoms with van der Waals surface area (Å²) < 4.78 is 5.57. The molecule has 2 rings (SSSR count). The Bertz CT molecular complexity index is 335. The number of Topliss-reactive ketones (excluding diaryl/α,β-unsaturated/α-hetero) is 1. The Morgan fingerprint density at radius 2 is 2.31 bits per heavy atom. The molecule has 2 aliphatic rings. The van der Waals surface area contributed by atoms with E-state index in [9.17, 15) is 4.79 Å². The molecule has 0 radical (unpaired) electrons. The number of ketones is 1. The number of rotatable bonds is 2. The molecular formula is C11H17NaO2S2. The molecule has 0 saturated heterocycles. The fourth-order valence-electron chi connectivity index (χ4n) is 3.29. The summed E-state index contributed by atoms with van der Waals surface area (Å²) in [5, 5.41) is 0. The smallest absolute Gasteiger partial charge is 1.00 e. The molecule has 2 fully saturated rings. The molecule has 0 aromatic carbocycles. The molecule has 0 heterocycles. The van der Waals surface area contributed by atoms with Crippen molar-refractivity contribution >= 4 is 35.0 Å². The zero-order chi connectivity index (χ0) is 11.3. The molecular weight excluding hydrogens is 251 g/mol. The molecule has 0 aromatic heterocycles. The Kier molecular flexibility index (Phi) is 4.57. The molecule has 2 unspecified atom stereocenters. The van der Waals surface area contributed by atoms with E-state index in [1.165, 1.54) is 0 Å². The van der Waals surface area contributed by atoms with Crippen LogP contribution in [-0.4, -0.2) is 16.8 Å². The molecule has 2 nitrogen and oxygen atoms in total. The fourth-order valence-corrected chi connectivity index (χ4v) is 3.42. The Balaban J connectivity index is 0.00000128. The number of thiocarbonyl (C=S) groups is 1. The van der Waals surface area contributed by atoms with Gasteiger partial charge in [0.05, 0.1) is 5.41 Å². The summed E-state index contributed by atoms with van der Waals surface area (Å²) in [4.78, 5) is 12.0. The van der Waals surface area contributed by atoms with Crippen molar-refractivity contribution in [3.8, 4) is 0 Å². The number of hydrogen-bond donors (Lipinski definition) is 1. The van der Waals surface area contributed by atoms with Crippen LogP contribution in [0.3, 0.4) is 0 Å². The number of hydrogen-bond acceptors (Lipinski definition) is 3. The van der Waals surface area contributed by atoms with Gasteiger partial charge in [0.25, 0.3) is 0 Å². The van der Waals surface area contributed by atoms with Crippen LogP contribution < -0.4 is 29.6 Å². The third-order valence-corrected chi connectivity index (χ3v) is 4.83. The van der Waals surface area contributed by atoms with Gasteiger partial charge in [0, 0.05) is 6.42 Å². The summed E-state index contributed by atoms with van der Waals surface area (Å²) in [5.41, 5.74) is -0.243. The van der Waals surface area contributed by atoms with E-state index in [4.69, 9.17) is 17.0 Å². The minimum atomic E-state index is -0.301. The van der Waals surface area contributed by atoms with Crippen molar-refractivity contribution in [1.82, 2.24) is 0 Å². The molecule has 86 valence electrons. The first-order valence-corrected chi connectivity index (χ1v) is 6.15. The van der Waals surface area contributed by atoms with Gasteiger partial charge in [-0.2, -0.15) is 0 Å². The van der Waals surface area contributed by atoms with Crippen molar-refractivity contribution in [2.24, 2.45) is 16.7 Å². The summed E-state index contributed by atoms with van der Waals surface area (Å²) in [5.74, 6) is 0.885. The van der Waals surface area contributed by atoms with E-state index >= 15 is 0 Å². The van der Waals surface area contributed by atoms with Gasteiger partial charge < -0.3 is 6.16 Å². The molecule has 16 heavy (non-hydrogen) atoms. The van der Waals surface area contributed by atoms with Crippen molar-refractivity contribution in [3.63, 3.8) is 0 Å². The SMILES string of the molecule is CC1(C)C2CCC1(COC(=S)S)C(=O)C2.[H-].[Na+]. The average molecular weight is 268 g/mol. The summed E-state index contributed by atoms with van der Waals surface area (Å²) >= 11 is 8.73. The summed E-state index contributed by atoms with van der Waals surface area (Å²) in [6, 6.07) is 0. The zero-order valence-electron chi connectivity index (χ0n) is 11.1. The maximum Gasteiger partial charge on any atom is 1.00 e. The maximum atomic E-state index is 12.0. The number of fused-ring (bicyclic) bond motifs is 2. The number of ether oxygens (including phenoxy) is 1. The predicted molar refractivity (Wildman–Crippen MR) is 67.2 cm³/mol. The fraction of sp³-hybridized carbons (Fsp3) is 0.818. The molecule has 2 aliphatic carbocycles. The van der Waals surface area contributed by atoms with Gasteiger partial charge in [-0.3, -0.25) is 4.79 Å². The molecule has 0 spiro atoms. The number of carbonyl (C=O) groups is 1. The first kappa shape index (κ1) is 15.0. The molecule has 5 heteroatoms. The van der Waals surface area contributed by atoms with Crippen molar-refractivity contribution in [3.05, 3.63) is 0 Å². The molecule has 2 atom stereocenters. The predicted octanol–water partition coefficient (Wildman–Crippen LogP) is -0.270. The maximum absolute atomic E-state index is 12.0. The average Bonchev–Trinajstić information content (AvgIpc) is 2.47. The summed E-state index contributed by atoms with van der Waals surface area (Å²) in [6.45, 7) is 4.78. The first-order valence-electron chi connectivity index (χ1n) is 5.29. The molecule has 2 bridgehead atoms. The van der Waals surface area contributed by atoms with Crippen LogP contribution in [-0.2, 0) is 9.53 Å². The van der Waals surface area contributed by atoms with Crippen LogP contribution in [0.2, 0.25) is 0 Å². The van der Waals surface area contributed by atoms with E-state index in [2.05, 4.69) is 26.5 Å². The van der Waals surface area contributed by atoms with Crippen molar-refractivity contribution < 1.29 is 40.5 Å². The minimum Gasteiger partial charge on any atom is -1.00 e. The first-order chi connectivity index (χ1) is 6.90. The number of carbonyl (C=O) groups excluding carboxylic acids is 1. The van der Waals surface area contributed by atoms with Gasteiger partial charge >= 0.3 is 29.6 Å². The van der Waals surface area contributed by atoms with Gasteiger partial charge in [0.15, 0.2) is 0 Å². The summed E-state index contributed by atoms with van der Waals surface area (Å²) in [7, 11) is 0. The van der Waals surface area contributed by atoms with Crippen LogP contribution in [0.5, 0.6) is 0 Å². The molecule has 0 aromatic rings. The van der Waals surface area contributed by atoms with Gasteiger partial charge in [-0.1, -0.05) is 26.5 Å². The Morgan fingerprint density at radius 3 is 2.69 bits per heavy atom. The van der Waals surface area contributed by atoms with Crippen LogP contribution in [0, 0.1) is 16.7 Å². The van der Waals surface area contributed by atoms with E-state index in [1.54, 1.807) is 0 Å². The van der Waals surface area contributed by atoms with E-state index < -0.39 is 0 Å². The molecule has 0 aliphatic heterocycles. The van der Waals surface area contributed by atoms with E-state index in [0.29, 0.717) is 18.3 Å². The minimum absolute atomic E-state index is 0. The Hall–Kier alpha value is 0.910. The molecule has 0 N–H and O–H groups in total. The summed E-state index contributed by atoms with van der Waals surface area (Å²) in [6.07, 6.45) is 2.80. The van der Waals surface area contributed by atoms with Crippen molar-refractivity contribution in [1.29, 1.82) is 0 Å². The van der Waals surface area contributed by atoms with E-state index in [0.717, 1.165) is 19.3 Å². The Labute approximate surface area is 131 Å². The number of thiol groups is 1. The van der Waals surface area contributed by atoms with Gasteiger partial charge in [-0.05, 0) is 36.4 Å². The van der Waals surface area contributed by atoms with Gasteiger partial charge in [-0.25, -0.2) is 0 Å². The van der Waals surface area contributed by atoms with Crippen molar-refractivity contribution in [2.75, 3.05) is 6.61 Å². The van der Waals surface area contributed by atoms with Crippen LogP contribution in [0.25, 0.3) is 0 Å². The molecule has 2 saturated carbocycles. The second-order valence-electron chi connectivity index (χ2n) is 5.22. The van der Waals surface area contributed by atoms with E-state index in [-0.39, 0.29) is 46.2 Å². The third kappa shape index (κ3) is 2.01. The van der Waals surface area contributed by atoms with Crippen LogP contribution >= 0.6 is 24.8 Å². The van der Waals surface area contributed by atoms with Crippen LogP contribution in [0.15, 0.2) is 0 Å². The second kappa shape index (κ2) is 4.88. The van der Waals surface area contributed by atoms with Crippen LogP contribution in [0.1, 0.15) is 34.5 Å². The monoisotopic (exact) mass is 268 g/mol. The van der Waals surface area contributed by atoms with Gasteiger partial charge in [0.1, 0.15) is 12.4 Å². The largest absolute Gasteiger partial charge is 1.00 e. The quantitative estimate of drug-likeness (QED) is 0.424.